The minimum Gasteiger partial charge on any atom is -0.317 e. The van der Waals surface area contributed by atoms with Crippen LogP contribution in [-0.2, 0) is 4.79 Å². The normalized spacial score (nSPS) is 10.6. The van der Waals surface area contributed by atoms with E-state index in [0.717, 1.165) is 16.5 Å². The van der Waals surface area contributed by atoms with Crippen molar-refractivity contribution in [3.05, 3.63) is 54.6 Å². The van der Waals surface area contributed by atoms with Crippen molar-refractivity contribution in [2.75, 3.05) is 5.32 Å². The first-order chi connectivity index (χ1) is 8.40. The van der Waals surface area contributed by atoms with Crippen LogP contribution in [0, 0.1) is 0 Å². The topological polar surface area (TPSA) is 29.1 Å². The molecule has 0 unspecified atom stereocenters. The maximum atomic E-state index is 10.4. The van der Waals surface area contributed by atoms with E-state index in [2.05, 4.69) is 29.6 Å². The van der Waals surface area contributed by atoms with E-state index in [-0.39, 0.29) is 0 Å². The van der Waals surface area contributed by atoms with Crippen molar-refractivity contribution >= 4 is 33.6 Å². The predicted molar refractivity (Wildman–Crippen MR) is 70.8 cm³/mol. The van der Waals surface area contributed by atoms with Gasteiger partial charge in [-0.2, -0.15) is 0 Å². The molecule has 3 aromatic carbocycles. The molecule has 1 radical (unpaired) electrons. The largest absolute Gasteiger partial charge is 0.317 e. The molecule has 1 amide bonds. The van der Waals surface area contributed by atoms with Crippen LogP contribution < -0.4 is 5.32 Å². The van der Waals surface area contributed by atoms with Crippen LogP contribution >= 0.6 is 0 Å². The molecule has 0 saturated carbocycles. The van der Waals surface area contributed by atoms with Crippen LogP contribution in [0.25, 0.3) is 21.5 Å². The third-order valence-corrected chi connectivity index (χ3v) is 2.97. The van der Waals surface area contributed by atoms with Crippen LogP contribution in [0.5, 0.6) is 0 Å². The number of amides is 1. The Morgan fingerprint density at radius 3 is 2.47 bits per heavy atom. The van der Waals surface area contributed by atoms with E-state index < -0.39 is 0 Å². The van der Waals surface area contributed by atoms with Crippen LogP contribution in [-0.4, -0.2) is 6.41 Å². The number of carbonyl (C=O) groups excluding carboxylic acids is 1. The molecule has 0 fully saturated rings. The molecule has 0 atom stereocenters. The van der Waals surface area contributed by atoms with E-state index in [9.17, 15) is 4.79 Å². The second-order valence-corrected chi connectivity index (χ2v) is 3.91. The van der Waals surface area contributed by atoms with Gasteiger partial charge in [0.25, 0.3) is 0 Å². The lowest BCUT2D eigenvalue weighted by atomic mass is 10.0. The van der Waals surface area contributed by atoms with Gasteiger partial charge in [-0.25, -0.2) is 0 Å². The summed E-state index contributed by atoms with van der Waals surface area (Å²) in [5.74, 6) is 0. The summed E-state index contributed by atoms with van der Waals surface area (Å²) in [4.78, 5) is 10.4. The Morgan fingerprint density at radius 1 is 0.765 bits per heavy atom. The van der Waals surface area contributed by atoms with Crippen LogP contribution in [0.4, 0.5) is 5.69 Å². The lowest BCUT2D eigenvalue weighted by Crippen LogP contribution is -1.94. The van der Waals surface area contributed by atoms with E-state index in [1.165, 1.54) is 10.8 Å². The van der Waals surface area contributed by atoms with Crippen molar-refractivity contribution in [3.63, 3.8) is 0 Å². The summed E-state index contributed by atoms with van der Waals surface area (Å²) >= 11 is 0. The van der Waals surface area contributed by atoms with Crippen LogP contribution in [0.1, 0.15) is 0 Å². The second kappa shape index (κ2) is 3.91. The Kier molecular flexibility index (Phi) is 2.26. The fourth-order valence-corrected chi connectivity index (χ4v) is 2.20. The lowest BCUT2D eigenvalue weighted by Gasteiger charge is -2.07. The Balaban J connectivity index is 2.43. The van der Waals surface area contributed by atoms with Gasteiger partial charge < -0.3 is 5.32 Å². The van der Waals surface area contributed by atoms with Gasteiger partial charge >= 0.3 is 6.41 Å². The van der Waals surface area contributed by atoms with Gasteiger partial charge in [-0.1, -0.05) is 48.5 Å². The molecular weight excluding hydrogens is 210 g/mol. The van der Waals surface area contributed by atoms with Gasteiger partial charge in [0, 0.05) is 11.1 Å². The average Bonchev–Trinajstić information content (AvgIpc) is 2.39. The third-order valence-electron chi connectivity index (χ3n) is 2.97. The molecule has 17 heavy (non-hydrogen) atoms. The molecule has 1 N–H and O–H groups in total. The monoisotopic (exact) mass is 220 g/mol. The molecule has 2 nitrogen and oxygen atoms in total. The summed E-state index contributed by atoms with van der Waals surface area (Å²) in [5.41, 5.74) is 0.795. The van der Waals surface area contributed by atoms with Gasteiger partial charge in [-0.15, -0.1) is 0 Å². The van der Waals surface area contributed by atoms with E-state index in [1.54, 1.807) is 6.41 Å². The van der Waals surface area contributed by atoms with Gasteiger partial charge in [0.05, 0.1) is 0 Å². The van der Waals surface area contributed by atoms with Crippen LogP contribution in [0.15, 0.2) is 54.6 Å². The predicted octanol–water partition coefficient (Wildman–Crippen LogP) is 3.47. The zero-order chi connectivity index (χ0) is 11.7. The van der Waals surface area contributed by atoms with Crippen molar-refractivity contribution in [2.24, 2.45) is 0 Å². The molecule has 0 bridgehead atoms. The Labute approximate surface area is 98.9 Å². The van der Waals surface area contributed by atoms with Crippen LogP contribution in [0.2, 0.25) is 0 Å². The van der Waals surface area contributed by atoms with Gasteiger partial charge in [0.2, 0.25) is 0 Å². The van der Waals surface area contributed by atoms with Gasteiger partial charge in [-0.3, -0.25) is 4.79 Å². The highest BCUT2D eigenvalue weighted by atomic mass is 16.1. The smallest absolute Gasteiger partial charge is 0.314 e. The summed E-state index contributed by atoms with van der Waals surface area (Å²) in [5, 5.41) is 7.18. The minimum absolute atomic E-state index is 0.795. The average molecular weight is 220 g/mol. The number of fused-ring (bicyclic) bond motifs is 3. The third kappa shape index (κ3) is 1.54. The quantitative estimate of drug-likeness (QED) is 0.520. The molecule has 2 heteroatoms. The number of nitrogens with one attached hydrogen (secondary N) is 1. The summed E-state index contributed by atoms with van der Waals surface area (Å²) in [7, 11) is 0. The first-order valence-corrected chi connectivity index (χ1v) is 5.44. The second-order valence-electron chi connectivity index (χ2n) is 3.91. The zero-order valence-corrected chi connectivity index (χ0v) is 9.10. The molecule has 0 aliphatic rings. The number of rotatable bonds is 2. The maximum Gasteiger partial charge on any atom is 0.314 e. The Morgan fingerprint density at radius 2 is 1.59 bits per heavy atom. The number of hydrogen-bond acceptors (Lipinski definition) is 1. The van der Waals surface area contributed by atoms with Crippen molar-refractivity contribution in [1.82, 2.24) is 0 Å². The van der Waals surface area contributed by atoms with Gasteiger partial charge in [-0.05, 0) is 22.2 Å². The highest BCUT2D eigenvalue weighted by Crippen LogP contribution is 2.29. The Bertz CT molecular complexity index is 703. The summed E-state index contributed by atoms with van der Waals surface area (Å²) in [6.07, 6.45) is 1.72. The Hall–Kier alpha value is -2.35. The zero-order valence-electron chi connectivity index (χ0n) is 9.10. The van der Waals surface area contributed by atoms with E-state index >= 15 is 0 Å². The van der Waals surface area contributed by atoms with Gasteiger partial charge in [0.1, 0.15) is 0 Å². The van der Waals surface area contributed by atoms with E-state index in [4.69, 9.17) is 0 Å². The number of anilines is 1. The fourth-order valence-electron chi connectivity index (χ4n) is 2.20. The van der Waals surface area contributed by atoms with Crippen molar-refractivity contribution < 1.29 is 4.79 Å². The first-order valence-electron chi connectivity index (χ1n) is 5.44. The standard InChI is InChI=1S/C15H10NO/c17-10-16-15-7-3-6-13-12-5-2-1-4-11(12)8-9-14(13)15/h1-9H,(H,16,17). The van der Waals surface area contributed by atoms with Crippen LogP contribution in [0.3, 0.4) is 0 Å². The van der Waals surface area contributed by atoms with Crippen molar-refractivity contribution in [1.29, 1.82) is 0 Å². The highest BCUT2D eigenvalue weighted by molar-refractivity contribution is 6.12. The summed E-state index contributed by atoms with van der Waals surface area (Å²) < 4.78 is 0. The van der Waals surface area contributed by atoms with Crippen molar-refractivity contribution in [2.45, 2.75) is 0 Å². The molecule has 0 saturated heterocycles. The fraction of sp³-hybridized carbons (Fsp3) is 0. The van der Waals surface area contributed by atoms with Gasteiger partial charge in [0.15, 0.2) is 0 Å². The molecule has 0 aliphatic carbocycles. The van der Waals surface area contributed by atoms with E-state index in [0.29, 0.717) is 0 Å². The van der Waals surface area contributed by atoms with E-state index in [1.807, 2.05) is 30.3 Å². The summed E-state index contributed by atoms with van der Waals surface area (Å²) in [6, 6.07) is 18.2. The SMILES string of the molecule is O=[C]Nc1cccc2c1ccc1ccccc12. The molecule has 3 aromatic rings. The molecule has 3 rings (SSSR count). The van der Waals surface area contributed by atoms with Crippen molar-refractivity contribution in [3.8, 4) is 0 Å². The molecule has 0 aromatic heterocycles. The molecule has 0 spiro atoms. The highest BCUT2D eigenvalue weighted by Gasteiger charge is 2.03. The molecule has 0 heterocycles. The first kappa shape index (κ1) is 9.85. The number of benzene rings is 3. The molecule has 81 valence electrons. The molecular formula is C15H10NO. The number of hydrogen-bond donors (Lipinski definition) is 1. The maximum absolute atomic E-state index is 10.4. The minimum atomic E-state index is 0.795. The molecule has 0 aliphatic heterocycles. The lowest BCUT2D eigenvalue weighted by molar-refractivity contribution is 0.561. The summed E-state index contributed by atoms with van der Waals surface area (Å²) in [6.45, 7) is 0.